The van der Waals surface area contributed by atoms with E-state index >= 15 is 0 Å². The van der Waals surface area contributed by atoms with Gasteiger partial charge in [-0.1, -0.05) is 12.1 Å². The summed E-state index contributed by atoms with van der Waals surface area (Å²) < 4.78 is 19.1. The molecule has 0 aromatic heterocycles. The molecule has 0 bridgehead atoms. The summed E-state index contributed by atoms with van der Waals surface area (Å²) in [5, 5.41) is 0. The Morgan fingerprint density at radius 1 is 1.21 bits per heavy atom. The largest absolute Gasteiger partial charge is 0.484 e. The highest BCUT2D eigenvalue weighted by molar-refractivity contribution is 5.90. The summed E-state index contributed by atoms with van der Waals surface area (Å²) in [5.41, 5.74) is -0.266. The summed E-state index contributed by atoms with van der Waals surface area (Å²) in [6, 6.07) is 6.25. The fourth-order valence-corrected chi connectivity index (χ4v) is 3.19. The number of carbonyl (C=O) groups excluding carboxylic acids is 2. The highest BCUT2D eigenvalue weighted by Gasteiger charge is 2.43. The van der Waals surface area contributed by atoms with E-state index in [1.807, 2.05) is 20.8 Å². The van der Waals surface area contributed by atoms with Gasteiger partial charge in [-0.15, -0.1) is 0 Å². The van der Waals surface area contributed by atoms with Crippen LogP contribution >= 0.6 is 0 Å². The van der Waals surface area contributed by atoms with Crippen LogP contribution in [0.15, 0.2) is 24.3 Å². The minimum Gasteiger partial charge on any atom is -0.484 e. The molecule has 1 atom stereocenters. The van der Waals surface area contributed by atoms with Crippen molar-refractivity contribution < 1.29 is 18.7 Å². The van der Waals surface area contributed by atoms with Crippen LogP contribution in [0.2, 0.25) is 0 Å². The van der Waals surface area contributed by atoms with Gasteiger partial charge in [-0.25, -0.2) is 4.39 Å². The smallest absolute Gasteiger partial charge is 0.228 e. The molecule has 1 aromatic rings. The molecule has 5 nitrogen and oxygen atoms in total. The van der Waals surface area contributed by atoms with Crippen LogP contribution in [0.25, 0.3) is 0 Å². The SMILES string of the molecule is CC(C)(C)N1CC(C(=O)N2CC(Oc3ccccc3F)C2)CC1=O. The zero-order chi connectivity index (χ0) is 17.5. The van der Waals surface area contributed by atoms with E-state index in [1.54, 1.807) is 28.0 Å². The Morgan fingerprint density at radius 3 is 2.46 bits per heavy atom. The molecule has 24 heavy (non-hydrogen) atoms. The lowest BCUT2D eigenvalue weighted by Gasteiger charge is -2.40. The lowest BCUT2D eigenvalue weighted by atomic mass is 10.0. The van der Waals surface area contributed by atoms with E-state index in [-0.39, 0.29) is 41.5 Å². The van der Waals surface area contributed by atoms with Gasteiger partial charge in [0.1, 0.15) is 6.10 Å². The molecule has 2 amide bonds. The van der Waals surface area contributed by atoms with E-state index in [9.17, 15) is 14.0 Å². The quantitative estimate of drug-likeness (QED) is 0.850. The number of hydrogen-bond acceptors (Lipinski definition) is 3. The zero-order valence-electron chi connectivity index (χ0n) is 14.3. The third kappa shape index (κ3) is 3.23. The zero-order valence-corrected chi connectivity index (χ0v) is 14.3. The molecule has 0 spiro atoms. The number of likely N-dealkylation sites (tertiary alicyclic amines) is 2. The number of carbonyl (C=O) groups is 2. The summed E-state index contributed by atoms with van der Waals surface area (Å²) >= 11 is 0. The van der Waals surface area contributed by atoms with Crippen molar-refractivity contribution in [2.24, 2.45) is 5.92 Å². The number of rotatable bonds is 3. The lowest BCUT2D eigenvalue weighted by Crippen LogP contribution is -2.58. The van der Waals surface area contributed by atoms with Crippen LogP contribution in [0.4, 0.5) is 4.39 Å². The van der Waals surface area contributed by atoms with Crippen molar-refractivity contribution in [1.82, 2.24) is 9.80 Å². The summed E-state index contributed by atoms with van der Waals surface area (Å²) in [6.07, 6.45) is 0.0764. The number of amides is 2. The molecular formula is C18H23FN2O3. The van der Waals surface area contributed by atoms with Crippen LogP contribution < -0.4 is 4.74 Å². The van der Waals surface area contributed by atoms with Crippen molar-refractivity contribution in [1.29, 1.82) is 0 Å². The van der Waals surface area contributed by atoms with E-state index in [2.05, 4.69) is 0 Å². The van der Waals surface area contributed by atoms with Gasteiger partial charge in [0.05, 0.1) is 19.0 Å². The fraction of sp³-hybridized carbons (Fsp3) is 0.556. The molecule has 0 aliphatic carbocycles. The van der Waals surface area contributed by atoms with Crippen molar-refractivity contribution in [3.8, 4) is 5.75 Å². The van der Waals surface area contributed by atoms with Gasteiger partial charge < -0.3 is 14.5 Å². The highest BCUT2D eigenvalue weighted by Crippen LogP contribution is 2.29. The van der Waals surface area contributed by atoms with Gasteiger partial charge in [0.15, 0.2) is 11.6 Å². The minimum atomic E-state index is -0.399. The Kier molecular flexibility index (Phi) is 4.24. The molecule has 2 saturated heterocycles. The maximum Gasteiger partial charge on any atom is 0.228 e. The van der Waals surface area contributed by atoms with E-state index in [4.69, 9.17) is 4.74 Å². The van der Waals surface area contributed by atoms with E-state index in [0.717, 1.165) is 0 Å². The van der Waals surface area contributed by atoms with Gasteiger partial charge in [-0.2, -0.15) is 0 Å². The first-order valence-electron chi connectivity index (χ1n) is 8.26. The molecule has 0 N–H and O–H groups in total. The normalized spacial score (nSPS) is 21.8. The maximum atomic E-state index is 13.6. The summed E-state index contributed by atoms with van der Waals surface area (Å²) in [7, 11) is 0. The standard InChI is InChI=1S/C18H23FN2O3/c1-18(2,3)21-9-12(8-16(21)22)17(23)20-10-13(11-20)24-15-7-5-4-6-14(15)19/h4-7,12-13H,8-11H2,1-3H3. The third-order valence-corrected chi connectivity index (χ3v) is 4.57. The topological polar surface area (TPSA) is 49.9 Å². The van der Waals surface area contributed by atoms with Crippen LogP contribution in [-0.4, -0.2) is 52.9 Å². The van der Waals surface area contributed by atoms with Gasteiger partial charge in [-0.05, 0) is 32.9 Å². The van der Waals surface area contributed by atoms with Crippen molar-refractivity contribution in [3.63, 3.8) is 0 Å². The van der Waals surface area contributed by atoms with Crippen molar-refractivity contribution >= 4 is 11.8 Å². The lowest BCUT2D eigenvalue weighted by molar-refractivity contribution is -0.144. The Balaban J connectivity index is 1.52. The summed E-state index contributed by atoms with van der Waals surface area (Å²) in [4.78, 5) is 28.1. The molecule has 2 aliphatic rings. The first kappa shape index (κ1) is 16.7. The summed E-state index contributed by atoms with van der Waals surface area (Å²) in [5.74, 6) is -0.454. The Labute approximate surface area is 141 Å². The second-order valence-corrected chi connectivity index (χ2v) is 7.49. The second kappa shape index (κ2) is 6.07. The van der Waals surface area contributed by atoms with Crippen molar-refractivity contribution in [3.05, 3.63) is 30.1 Å². The van der Waals surface area contributed by atoms with Crippen LogP contribution in [0, 0.1) is 11.7 Å². The molecule has 3 rings (SSSR count). The molecular weight excluding hydrogens is 311 g/mol. The van der Waals surface area contributed by atoms with Gasteiger partial charge in [0, 0.05) is 18.5 Å². The van der Waals surface area contributed by atoms with Crippen LogP contribution in [0.1, 0.15) is 27.2 Å². The number of hydrogen-bond donors (Lipinski definition) is 0. The second-order valence-electron chi connectivity index (χ2n) is 7.49. The van der Waals surface area contributed by atoms with Crippen LogP contribution in [-0.2, 0) is 9.59 Å². The van der Waals surface area contributed by atoms with E-state index < -0.39 is 5.82 Å². The van der Waals surface area contributed by atoms with Crippen molar-refractivity contribution in [2.45, 2.75) is 38.8 Å². The van der Waals surface area contributed by atoms with Gasteiger partial charge >= 0.3 is 0 Å². The van der Waals surface area contributed by atoms with Crippen molar-refractivity contribution in [2.75, 3.05) is 19.6 Å². The third-order valence-electron chi connectivity index (χ3n) is 4.57. The monoisotopic (exact) mass is 334 g/mol. The highest BCUT2D eigenvalue weighted by atomic mass is 19.1. The average Bonchev–Trinajstić information content (AvgIpc) is 2.85. The number of benzene rings is 1. The maximum absolute atomic E-state index is 13.6. The average molecular weight is 334 g/mol. The molecule has 0 saturated carbocycles. The molecule has 0 radical (unpaired) electrons. The Hall–Kier alpha value is -2.11. The molecule has 2 heterocycles. The predicted molar refractivity (Wildman–Crippen MR) is 87.0 cm³/mol. The van der Waals surface area contributed by atoms with E-state index in [0.29, 0.717) is 19.6 Å². The van der Waals surface area contributed by atoms with Crippen LogP contribution in [0.5, 0.6) is 5.75 Å². The molecule has 2 fully saturated rings. The number of halogens is 1. The molecule has 2 aliphatic heterocycles. The number of para-hydroxylation sites is 1. The molecule has 1 aromatic carbocycles. The number of nitrogens with zero attached hydrogens (tertiary/aromatic N) is 2. The first-order valence-corrected chi connectivity index (χ1v) is 8.26. The first-order chi connectivity index (χ1) is 11.3. The predicted octanol–water partition coefficient (Wildman–Crippen LogP) is 2.06. The Bertz CT molecular complexity index is 650. The van der Waals surface area contributed by atoms with Crippen LogP contribution in [0.3, 0.4) is 0 Å². The fourth-order valence-electron chi connectivity index (χ4n) is 3.19. The Morgan fingerprint density at radius 2 is 1.88 bits per heavy atom. The van der Waals surface area contributed by atoms with Gasteiger partial charge in [0.25, 0.3) is 0 Å². The van der Waals surface area contributed by atoms with E-state index in [1.165, 1.54) is 6.07 Å². The van der Waals surface area contributed by atoms with Gasteiger partial charge in [0.2, 0.25) is 11.8 Å². The number of ether oxygens (including phenoxy) is 1. The summed E-state index contributed by atoms with van der Waals surface area (Å²) in [6.45, 7) is 7.26. The molecule has 130 valence electrons. The minimum absolute atomic E-state index is 0.0107. The van der Waals surface area contributed by atoms with Gasteiger partial charge in [-0.3, -0.25) is 9.59 Å². The molecule has 6 heteroatoms. The molecule has 1 unspecified atom stereocenters.